The van der Waals surface area contributed by atoms with E-state index in [1.807, 2.05) is 71.9 Å². The molecule has 1 aromatic rings. The van der Waals surface area contributed by atoms with Crippen LogP contribution in [0.3, 0.4) is 0 Å². The van der Waals surface area contributed by atoms with Crippen LogP contribution >= 0.6 is 0 Å². The van der Waals surface area contributed by atoms with Crippen LogP contribution in [0.2, 0.25) is 0 Å². The van der Waals surface area contributed by atoms with Gasteiger partial charge in [0.2, 0.25) is 5.91 Å². The summed E-state index contributed by atoms with van der Waals surface area (Å²) in [6, 6.07) is 9.22. The van der Waals surface area contributed by atoms with Crippen LogP contribution in [-0.4, -0.2) is 63.9 Å². The molecule has 1 aliphatic carbocycles. The molecule has 0 bridgehead atoms. The van der Waals surface area contributed by atoms with Gasteiger partial charge in [0.1, 0.15) is 5.60 Å². The van der Waals surface area contributed by atoms with Crippen LogP contribution in [0, 0.1) is 5.92 Å². The fourth-order valence-electron chi connectivity index (χ4n) is 5.86. The van der Waals surface area contributed by atoms with Gasteiger partial charge in [0.25, 0.3) is 0 Å². The molecule has 3 N–H and O–H groups in total. The van der Waals surface area contributed by atoms with Gasteiger partial charge in [-0.2, -0.15) is 0 Å². The molecule has 214 valence electrons. The highest BCUT2D eigenvalue weighted by Gasteiger charge is 2.44. The van der Waals surface area contributed by atoms with E-state index in [9.17, 15) is 14.7 Å². The average molecular weight is 530 g/mol. The predicted molar refractivity (Wildman–Crippen MR) is 152 cm³/mol. The molecule has 3 rings (SSSR count). The van der Waals surface area contributed by atoms with E-state index >= 15 is 0 Å². The molecule has 38 heavy (non-hydrogen) atoms. The van der Waals surface area contributed by atoms with Crippen LogP contribution in [0.5, 0.6) is 0 Å². The summed E-state index contributed by atoms with van der Waals surface area (Å²) < 4.78 is 5.54. The van der Waals surface area contributed by atoms with E-state index in [4.69, 9.17) is 4.74 Å². The first-order chi connectivity index (χ1) is 17.7. The summed E-state index contributed by atoms with van der Waals surface area (Å²) in [5.74, 6) is 0.654. The van der Waals surface area contributed by atoms with Crippen molar-refractivity contribution in [3.63, 3.8) is 0 Å². The topological polar surface area (TPSA) is 90.9 Å². The smallest absolute Gasteiger partial charge is 0.407 e. The van der Waals surface area contributed by atoms with E-state index in [1.165, 1.54) is 32.1 Å². The zero-order valence-corrected chi connectivity index (χ0v) is 24.5. The normalized spacial score (nSPS) is 20.8. The number of alkyl carbamates (subject to hydrolysis) is 1. The van der Waals surface area contributed by atoms with Crippen molar-refractivity contribution in [3.8, 4) is 0 Å². The van der Waals surface area contributed by atoms with Crippen molar-refractivity contribution in [2.75, 3.05) is 13.1 Å². The van der Waals surface area contributed by atoms with Gasteiger partial charge >= 0.3 is 6.09 Å². The number of hydrogen-bond donors (Lipinski definition) is 3. The number of carbonyl (C=O) groups excluding carboxylic acids is 2. The van der Waals surface area contributed by atoms with Gasteiger partial charge in [0.15, 0.2) is 0 Å². The van der Waals surface area contributed by atoms with Gasteiger partial charge in [0, 0.05) is 18.6 Å². The Morgan fingerprint density at radius 2 is 1.63 bits per heavy atom. The van der Waals surface area contributed by atoms with Crippen LogP contribution in [0.25, 0.3) is 0 Å². The Balaban J connectivity index is 1.74. The summed E-state index contributed by atoms with van der Waals surface area (Å²) in [4.78, 5) is 28.5. The largest absolute Gasteiger partial charge is 0.444 e. The molecule has 0 spiro atoms. The summed E-state index contributed by atoms with van der Waals surface area (Å²) in [5.41, 5.74) is -0.973. The standard InChI is InChI=1S/C31H51N3O4/c1-29(2,3)33-27(35)25(21-23-13-9-7-10-14-23)34-19-17-31(37,18-20-34)26(22-24-15-11-8-12-16-24)32-28(36)38-30(4,5)6/h8,11-12,15-16,23,25-26,37H,7,9-10,13-14,17-22H2,1-6H3,(H,32,36)(H,33,35)/t25-,26+/m1/s1. The lowest BCUT2D eigenvalue weighted by Gasteiger charge is -2.46. The lowest BCUT2D eigenvalue weighted by atomic mass is 9.79. The summed E-state index contributed by atoms with van der Waals surface area (Å²) in [6.07, 6.45) is 7.97. The molecule has 0 aromatic heterocycles. The molecular formula is C31H51N3O4. The molecule has 7 nitrogen and oxygen atoms in total. The molecule has 1 saturated heterocycles. The molecule has 1 saturated carbocycles. The highest BCUT2D eigenvalue weighted by atomic mass is 16.6. The molecule has 2 atom stereocenters. The molecular weight excluding hydrogens is 478 g/mol. The Bertz CT molecular complexity index is 892. The summed E-state index contributed by atoms with van der Waals surface area (Å²) >= 11 is 0. The molecule has 2 amide bonds. The van der Waals surface area contributed by atoms with Crippen molar-refractivity contribution in [1.29, 1.82) is 0 Å². The number of aliphatic hydroxyl groups is 1. The number of benzene rings is 1. The molecule has 0 radical (unpaired) electrons. The van der Waals surface area contributed by atoms with Crippen molar-refractivity contribution >= 4 is 12.0 Å². The Labute approximate surface area is 230 Å². The predicted octanol–water partition coefficient (Wildman–Crippen LogP) is 5.20. The van der Waals surface area contributed by atoms with E-state index in [2.05, 4.69) is 15.5 Å². The molecule has 7 heteroatoms. The van der Waals surface area contributed by atoms with Gasteiger partial charge in [-0.25, -0.2) is 4.79 Å². The van der Waals surface area contributed by atoms with Crippen molar-refractivity contribution in [3.05, 3.63) is 35.9 Å². The lowest BCUT2D eigenvalue weighted by Crippen LogP contribution is -2.62. The Morgan fingerprint density at radius 3 is 2.18 bits per heavy atom. The van der Waals surface area contributed by atoms with E-state index < -0.39 is 23.3 Å². The number of nitrogens with zero attached hydrogens (tertiary/aromatic N) is 1. The van der Waals surface area contributed by atoms with Gasteiger partial charge in [-0.05, 0) is 78.7 Å². The minimum absolute atomic E-state index is 0.0845. The third-order valence-electron chi connectivity index (χ3n) is 7.81. The maximum absolute atomic E-state index is 13.5. The van der Waals surface area contributed by atoms with Gasteiger partial charge in [-0.15, -0.1) is 0 Å². The first kappa shape index (κ1) is 30.4. The Hall–Kier alpha value is -2.12. The van der Waals surface area contributed by atoms with Crippen molar-refractivity contribution in [2.24, 2.45) is 5.92 Å². The maximum Gasteiger partial charge on any atom is 0.407 e. The molecule has 0 unspecified atom stereocenters. The highest BCUT2D eigenvalue weighted by molar-refractivity contribution is 5.82. The van der Waals surface area contributed by atoms with Crippen molar-refractivity contribution in [2.45, 2.75) is 128 Å². The minimum atomic E-state index is -1.10. The van der Waals surface area contributed by atoms with E-state index in [1.54, 1.807) is 0 Å². The summed E-state index contributed by atoms with van der Waals surface area (Å²) in [6.45, 7) is 12.8. The zero-order chi connectivity index (χ0) is 28.0. The summed E-state index contributed by atoms with van der Waals surface area (Å²) in [5, 5.41) is 18.1. The van der Waals surface area contributed by atoms with Gasteiger partial charge in [0.05, 0.1) is 17.7 Å². The Kier molecular flexibility index (Phi) is 10.3. The third-order valence-corrected chi connectivity index (χ3v) is 7.81. The van der Waals surface area contributed by atoms with E-state index in [-0.39, 0.29) is 17.5 Å². The highest BCUT2D eigenvalue weighted by Crippen LogP contribution is 2.33. The van der Waals surface area contributed by atoms with Crippen LogP contribution in [0.4, 0.5) is 4.79 Å². The van der Waals surface area contributed by atoms with Crippen molar-refractivity contribution < 1.29 is 19.4 Å². The monoisotopic (exact) mass is 529 g/mol. The van der Waals surface area contributed by atoms with Crippen LogP contribution < -0.4 is 10.6 Å². The van der Waals surface area contributed by atoms with E-state index in [0.29, 0.717) is 38.3 Å². The second-order valence-corrected chi connectivity index (χ2v) is 13.5. The molecule has 1 heterocycles. The molecule has 1 aromatic carbocycles. The SMILES string of the molecule is CC(C)(C)NC(=O)[C@@H](CC1CCCCC1)N1CCC(O)([C@H](Cc2ccccc2)NC(=O)OC(C)(C)C)CC1. The molecule has 1 aliphatic heterocycles. The number of likely N-dealkylation sites (tertiary alicyclic amines) is 1. The van der Waals surface area contributed by atoms with Crippen LogP contribution in [0.1, 0.15) is 98.5 Å². The number of amides is 2. The number of rotatable bonds is 8. The number of hydrogen-bond acceptors (Lipinski definition) is 5. The minimum Gasteiger partial charge on any atom is -0.444 e. The molecule has 2 fully saturated rings. The third kappa shape index (κ3) is 9.57. The fraction of sp³-hybridized carbons (Fsp3) is 0.742. The second-order valence-electron chi connectivity index (χ2n) is 13.5. The lowest BCUT2D eigenvalue weighted by molar-refractivity contribution is -0.131. The Morgan fingerprint density at radius 1 is 1.03 bits per heavy atom. The first-order valence-electron chi connectivity index (χ1n) is 14.6. The van der Waals surface area contributed by atoms with Gasteiger partial charge in [-0.1, -0.05) is 62.4 Å². The zero-order valence-electron chi connectivity index (χ0n) is 24.5. The number of piperidine rings is 1. The first-order valence-corrected chi connectivity index (χ1v) is 14.6. The number of carbonyl (C=O) groups is 2. The molecule has 2 aliphatic rings. The second kappa shape index (κ2) is 12.8. The van der Waals surface area contributed by atoms with Gasteiger partial charge < -0.3 is 20.5 Å². The summed E-state index contributed by atoms with van der Waals surface area (Å²) in [7, 11) is 0. The number of nitrogens with one attached hydrogen (secondary N) is 2. The van der Waals surface area contributed by atoms with Crippen LogP contribution in [-0.2, 0) is 16.0 Å². The van der Waals surface area contributed by atoms with Gasteiger partial charge in [-0.3, -0.25) is 9.69 Å². The average Bonchev–Trinajstić information content (AvgIpc) is 2.82. The number of ether oxygens (including phenoxy) is 1. The fourth-order valence-corrected chi connectivity index (χ4v) is 5.86. The van der Waals surface area contributed by atoms with Crippen molar-refractivity contribution in [1.82, 2.24) is 15.5 Å². The van der Waals surface area contributed by atoms with Crippen LogP contribution in [0.15, 0.2) is 30.3 Å². The maximum atomic E-state index is 13.5. The van der Waals surface area contributed by atoms with E-state index in [0.717, 1.165) is 12.0 Å². The quantitative estimate of drug-likeness (QED) is 0.430.